The molecule has 0 atom stereocenters. The van der Waals surface area contributed by atoms with Gasteiger partial charge in [0, 0.05) is 42.7 Å². The molecule has 2 saturated carbocycles. The zero-order valence-electron chi connectivity index (χ0n) is 25.7. The maximum atomic E-state index is 13.9. The summed E-state index contributed by atoms with van der Waals surface area (Å²) in [6.07, 6.45) is 9.95. The second-order valence-corrected chi connectivity index (χ2v) is 12.3. The van der Waals surface area contributed by atoms with Crippen LogP contribution in [0.4, 0.5) is 0 Å². The summed E-state index contributed by atoms with van der Waals surface area (Å²) < 4.78 is 9.41. The van der Waals surface area contributed by atoms with Crippen molar-refractivity contribution in [1.82, 2.24) is 29.6 Å². The van der Waals surface area contributed by atoms with E-state index in [4.69, 9.17) is 14.8 Å². The molecule has 0 spiro atoms. The van der Waals surface area contributed by atoms with Crippen molar-refractivity contribution in [3.63, 3.8) is 0 Å². The summed E-state index contributed by atoms with van der Waals surface area (Å²) in [7, 11) is 5.57. The number of nitrogens with zero attached hydrogens (tertiary/aromatic N) is 5. The monoisotopic (exact) mass is 604 g/mol. The number of hydrogen-bond donors (Lipinski definition) is 2. The molecule has 2 aliphatic rings. The van der Waals surface area contributed by atoms with Gasteiger partial charge < -0.3 is 24.3 Å². The van der Waals surface area contributed by atoms with Gasteiger partial charge in [0.2, 0.25) is 5.88 Å². The number of aromatic nitrogens is 5. The van der Waals surface area contributed by atoms with Crippen molar-refractivity contribution in [3.8, 4) is 17.3 Å². The van der Waals surface area contributed by atoms with Crippen LogP contribution in [0.5, 0.6) is 5.88 Å². The smallest absolute Gasteiger partial charge is 0.328 e. The van der Waals surface area contributed by atoms with Gasteiger partial charge in [0.25, 0.3) is 5.91 Å². The predicted molar refractivity (Wildman–Crippen MR) is 172 cm³/mol. The first-order valence-corrected chi connectivity index (χ1v) is 15.5. The van der Waals surface area contributed by atoms with E-state index in [1.807, 2.05) is 61.1 Å². The Labute approximate surface area is 260 Å². The van der Waals surface area contributed by atoms with Crippen molar-refractivity contribution in [2.24, 2.45) is 14.1 Å². The number of fused-ring (bicyclic) bond motifs is 2. The van der Waals surface area contributed by atoms with E-state index in [0.717, 1.165) is 82.9 Å². The number of methoxy groups -OCH3 is 1. The summed E-state index contributed by atoms with van der Waals surface area (Å²) in [5, 5.41) is 22.3. The van der Waals surface area contributed by atoms with Crippen LogP contribution in [-0.2, 0) is 24.4 Å². The molecular formula is C35H36N6O4. The van der Waals surface area contributed by atoms with E-state index in [9.17, 15) is 9.59 Å². The Bertz CT molecular complexity index is 1980. The maximum absolute atomic E-state index is 13.9. The summed E-state index contributed by atoms with van der Waals surface area (Å²) in [6.45, 7) is 0. The quantitative estimate of drug-likeness (QED) is 0.205. The molecule has 0 radical (unpaired) electrons. The lowest BCUT2D eigenvalue weighted by atomic mass is 9.75. The van der Waals surface area contributed by atoms with Crippen molar-refractivity contribution < 1.29 is 19.4 Å². The maximum Gasteiger partial charge on any atom is 0.328 e. The first kappa shape index (κ1) is 28.8. The van der Waals surface area contributed by atoms with E-state index in [0.29, 0.717) is 17.4 Å². The van der Waals surface area contributed by atoms with E-state index >= 15 is 0 Å². The SMILES string of the molecule is COc1ccc(-c2c(C3CCCC3)c3ccc(C(=O)NC4(c5nc6ccc(C=CC(=O)O)cc6n5C)CCC4)cc3n2C)nn1. The minimum atomic E-state index is -0.995. The molecule has 3 aromatic heterocycles. The summed E-state index contributed by atoms with van der Waals surface area (Å²) >= 11 is 0. The molecule has 0 saturated heterocycles. The number of aryl methyl sites for hydroxylation is 2. The summed E-state index contributed by atoms with van der Waals surface area (Å²) in [5.41, 5.74) is 6.59. The Morgan fingerprint density at radius 1 is 0.978 bits per heavy atom. The standard InChI is InChI=1S/C35H36N6O4/c1-40-27-20-23(11-12-24(27)31(22-7-4-5-8-22)32(40)26-14-15-29(45-3)39-38-26)33(44)37-35(17-6-18-35)34-36-25-13-9-21(10-16-30(42)43)19-28(25)41(34)2/h9-16,19-20,22H,4-8,17-18H2,1-3H3,(H,37,44)(H,42,43). The molecule has 45 heavy (non-hydrogen) atoms. The molecule has 3 heterocycles. The molecule has 0 aliphatic heterocycles. The lowest BCUT2D eigenvalue weighted by Gasteiger charge is -2.41. The van der Waals surface area contributed by atoms with Crippen LogP contribution in [-0.4, -0.2) is 48.4 Å². The normalized spacial score (nSPS) is 16.4. The van der Waals surface area contributed by atoms with E-state index in [1.54, 1.807) is 13.2 Å². The van der Waals surface area contributed by atoms with Crippen LogP contribution >= 0.6 is 0 Å². The minimum absolute atomic E-state index is 0.136. The Kier molecular flexibility index (Phi) is 7.14. The highest BCUT2D eigenvalue weighted by Gasteiger charge is 2.44. The number of nitrogens with one attached hydrogen (secondary N) is 1. The highest BCUT2D eigenvalue weighted by molar-refractivity contribution is 6.01. The van der Waals surface area contributed by atoms with Crippen molar-refractivity contribution >= 4 is 39.9 Å². The molecule has 5 aromatic rings. The van der Waals surface area contributed by atoms with Gasteiger partial charge in [-0.3, -0.25) is 4.79 Å². The van der Waals surface area contributed by atoms with Gasteiger partial charge in [-0.05, 0) is 85.6 Å². The number of ether oxygens (including phenoxy) is 1. The van der Waals surface area contributed by atoms with Gasteiger partial charge in [-0.2, -0.15) is 0 Å². The fourth-order valence-electron chi connectivity index (χ4n) is 7.23. The number of carboxylic acid groups (broad SMARTS) is 1. The summed E-state index contributed by atoms with van der Waals surface area (Å²) in [4.78, 5) is 29.9. The number of rotatable bonds is 8. The first-order valence-electron chi connectivity index (χ1n) is 15.5. The third kappa shape index (κ3) is 4.94. The number of carboxylic acids is 1. The number of hydrogen-bond acceptors (Lipinski definition) is 6. The van der Waals surface area contributed by atoms with Crippen molar-refractivity contribution in [2.75, 3.05) is 7.11 Å². The fourth-order valence-corrected chi connectivity index (χ4v) is 7.23. The van der Waals surface area contributed by atoms with Crippen LogP contribution in [0, 0.1) is 0 Å². The molecular weight excluding hydrogens is 568 g/mol. The Hall–Kier alpha value is -4.99. The predicted octanol–water partition coefficient (Wildman–Crippen LogP) is 6.10. The van der Waals surface area contributed by atoms with Crippen LogP contribution in [0.25, 0.3) is 39.4 Å². The molecule has 2 fully saturated rings. The van der Waals surface area contributed by atoms with Crippen LogP contribution in [0.2, 0.25) is 0 Å². The highest BCUT2D eigenvalue weighted by Crippen LogP contribution is 2.45. The summed E-state index contributed by atoms with van der Waals surface area (Å²) in [5.74, 6) is 0.581. The third-order valence-corrected chi connectivity index (χ3v) is 9.67. The van der Waals surface area contributed by atoms with Crippen molar-refractivity contribution in [2.45, 2.75) is 56.4 Å². The number of benzene rings is 2. The van der Waals surface area contributed by atoms with Gasteiger partial charge in [0.15, 0.2) is 0 Å². The Balaban J connectivity index is 1.24. The van der Waals surface area contributed by atoms with E-state index in [1.165, 1.54) is 18.4 Å². The van der Waals surface area contributed by atoms with Gasteiger partial charge in [0.05, 0.1) is 29.4 Å². The van der Waals surface area contributed by atoms with Gasteiger partial charge >= 0.3 is 5.97 Å². The molecule has 10 nitrogen and oxygen atoms in total. The molecule has 2 N–H and O–H groups in total. The highest BCUT2D eigenvalue weighted by atomic mass is 16.5. The van der Waals surface area contributed by atoms with E-state index in [2.05, 4.69) is 26.1 Å². The Morgan fingerprint density at radius 2 is 1.78 bits per heavy atom. The average Bonchev–Trinajstić information content (AvgIpc) is 3.75. The van der Waals surface area contributed by atoms with Gasteiger partial charge in [-0.25, -0.2) is 9.78 Å². The number of aliphatic carboxylic acids is 1. The van der Waals surface area contributed by atoms with Gasteiger partial charge in [0.1, 0.15) is 11.5 Å². The average molecular weight is 605 g/mol. The zero-order chi connectivity index (χ0) is 31.3. The fraction of sp³-hybridized carbons (Fsp3) is 0.343. The van der Waals surface area contributed by atoms with Crippen LogP contribution in [0.3, 0.4) is 0 Å². The Morgan fingerprint density at radius 3 is 2.44 bits per heavy atom. The lowest BCUT2D eigenvalue weighted by Crippen LogP contribution is -2.52. The summed E-state index contributed by atoms with van der Waals surface area (Å²) in [6, 6.07) is 15.5. The van der Waals surface area contributed by atoms with E-state index in [-0.39, 0.29) is 5.91 Å². The molecule has 1 amide bonds. The molecule has 0 bridgehead atoms. The number of imidazole rings is 1. The van der Waals surface area contributed by atoms with Crippen molar-refractivity contribution in [3.05, 3.63) is 77.1 Å². The topological polar surface area (TPSA) is 124 Å². The zero-order valence-corrected chi connectivity index (χ0v) is 25.7. The lowest BCUT2D eigenvalue weighted by molar-refractivity contribution is -0.131. The number of carbonyl (C=O) groups is 2. The molecule has 2 aromatic carbocycles. The second kappa shape index (κ2) is 11.2. The number of amides is 1. The molecule has 0 unspecified atom stereocenters. The third-order valence-electron chi connectivity index (χ3n) is 9.67. The molecule has 10 heteroatoms. The van der Waals surface area contributed by atoms with Crippen molar-refractivity contribution in [1.29, 1.82) is 0 Å². The minimum Gasteiger partial charge on any atom is -0.480 e. The number of carbonyl (C=O) groups excluding carboxylic acids is 1. The molecule has 2 aliphatic carbocycles. The first-order chi connectivity index (χ1) is 21.8. The van der Waals surface area contributed by atoms with Crippen LogP contribution in [0.15, 0.2) is 54.6 Å². The van der Waals surface area contributed by atoms with Gasteiger partial charge in [-0.1, -0.05) is 25.0 Å². The largest absolute Gasteiger partial charge is 0.480 e. The molecule has 7 rings (SSSR count). The molecule has 230 valence electrons. The second-order valence-electron chi connectivity index (χ2n) is 12.3. The van der Waals surface area contributed by atoms with Gasteiger partial charge in [-0.15, -0.1) is 10.2 Å². The van der Waals surface area contributed by atoms with Crippen LogP contribution < -0.4 is 10.1 Å². The van der Waals surface area contributed by atoms with Crippen LogP contribution in [0.1, 0.15) is 78.2 Å². The van der Waals surface area contributed by atoms with E-state index < -0.39 is 11.5 Å².